The van der Waals surface area contributed by atoms with E-state index in [4.69, 9.17) is 4.74 Å². The van der Waals surface area contributed by atoms with E-state index in [1.807, 2.05) is 31.2 Å². The van der Waals surface area contributed by atoms with Crippen molar-refractivity contribution in [2.45, 2.75) is 13.3 Å². The minimum absolute atomic E-state index is 0.0467. The van der Waals surface area contributed by atoms with E-state index < -0.39 is 29.3 Å². The molecule has 1 heterocycles. The van der Waals surface area contributed by atoms with Gasteiger partial charge in [-0.2, -0.15) is 10.1 Å². The predicted octanol–water partition coefficient (Wildman–Crippen LogP) is 3.06. The maximum absolute atomic E-state index is 12.8. The average molecular weight is 474 g/mol. The van der Waals surface area contributed by atoms with Crippen LogP contribution in [0.4, 0.5) is 11.4 Å². The smallest absolute Gasteiger partial charge is 0.311 e. The molecule has 0 radical (unpaired) electrons. The number of benzene rings is 2. The van der Waals surface area contributed by atoms with Gasteiger partial charge in [0.25, 0.3) is 17.7 Å². The fourth-order valence-corrected chi connectivity index (χ4v) is 5.04. The molecule has 0 spiro atoms. The van der Waals surface area contributed by atoms with Crippen molar-refractivity contribution in [1.82, 2.24) is 5.01 Å². The Morgan fingerprint density at radius 3 is 2.43 bits per heavy atom. The molecular formula is C25H22N4O6. The quantitative estimate of drug-likeness (QED) is 0.216. The van der Waals surface area contributed by atoms with Crippen molar-refractivity contribution >= 4 is 35.3 Å². The number of para-hydroxylation sites is 1. The van der Waals surface area contributed by atoms with Crippen LogP contribution in [-0.2, 0) is 14.4 Å². The van der Waals surface area contributed by atoms with Gasteiger partial charge in [0.05, 0.1) is 23.0 Å². The number of amides is 3. The van der Waals surface area contributed by atoms with Gasteiger partial charge in [-0.1, -0.05) is 35.9 Å². The Kier molecular flexibility index (Phi) is 5.64. The summed E-state index contributed by atoms with van der Waals surface area (Å²) in [6, 6.07) is 11.3. The van der Waals surface area contributed by atoms with Gasteiger partial charge in [-0.3, -0.25) is 24.5 Å². The highest BCUT2D eigenvalue weighted by molar-refractivity contribution is 6.07. The van der Waals surface area contributed by atoms with Crippen molar-refractivity contribution in [2.75, 3.05) is 11.9 Å². The van der Waals surface area contributed by atoms with E-state index in [9.17, 15) is 24.5 Å². The zero-order chi connectivity index (χ0) is 24.7. The van der Waals surface area contributed by atoms with Crippen LogP contribution in [0.5, 0.6) is 5.75 Å². The van der Waals surface area contributed by atoms with E-state index >= 15 is 0 Å². The number of hydrogen-bond donors (Lipinski definition) is 1. The summed E-state index contributed by atoms with van der Waals surface area (Å²) in [5, 5.41) is 19.2. The van der Waals surface area contributed by atoms with Crippen LogP contribution in [0, 0.1) is 40.7 Å². The zero-order valence-electron chi connectivity index (χ0n) is 18.8. The zero-order valence-corrected chi connectivity index (χ0v) is 18.8. The van der Waals surface area contributed by atoms with Gasteiger partial charge in [0, 0.05) is 17.3 Å². The Balaban J connectivity index is 1.34. The van der Waals surface area contributed by atoms with E-state index in [0.29, 0.717) is 5.69 Å². The number of nitrogens with zero attached hydrogens (tertiary/aromatic N) is 3. The van der Waals surface area contributed by atoms with Gasteiger partial charge in [0.15, 0.2) is 6.61 Å². The first-order chi connectivity index (χ1) is 16.8. The molecule has 1 aliphatic heterocycles. The van der Waals surface area contributed by atoms with Crippen molar-refractivity contribution in [1.29, 1.82) is 0 Å². The fourth-order valence-electron chi connectivity index (χ4n) is 5.04. The molecule has 1 saturated carbocycles. The number of anilines is 1. The van der Waals surface area contributed by atoms with E-state index in [1.54, 1.807) is 12.1 Å². The molecule has 10 nitrogen and oxygen atoms in total. The molecule has 1 saturated heterocycles. The number of nitrogens with one attached hydrogen (secondary N) is 1. The maximum Gasteiger partial charge on any atom is 0.311 e. The number of hydrogen-bond acceptors (Lipinski definition) is 7. The van der Waals surface area contributed by atoms with Crippen molar-refractivity contribution < 1.29 is 24.0 Å². The van der Waals surface area contributed by atoms with Crippen LogP contribution in [-0.4, -0.2) is 40.5 Å². The second kappa shape index (κ2) is 8.79. The van der Waals surface area contributed by atoms with Crippen LogP contribution in [0.2, 0.25) is 0 Å². The summed E-state index contributed by atoms with van der Waals surface area (Å²) in [4.78, 5) is 49.0. The van der Waals surface area contributed by atoms with E-state index in [0.717, 1.165) is 17.0 Å². The number of allylic oxidation sites excluding steroid dienone is 2. The number of carbonyl (C=O) groups excluding carboxylic acids is 3. The largest absolute Gasteiger partial charge is 0.476 e. The molecule has 178 valence electrons. The van der Waals surface area contributed by atoms with Crippen LogP contribution in [0.15, 0.2) is 59.7 Å². The van der Waals surface area contributed by atoms with Gasteiger partial charge in [0.1, 0.15) is 0 Å². The molecule has 1 N–H and O–H groups in total. The Bertz CT molecular complexity index is 1260. The average Bonchev–Trinajstić information content (AvgIpc) is 3.52. The summed E-state index contributed by atoms with van der Waals surface area (Å²) in [5.41, 5.74) is 1.40. The highest BCUT2D eigenvalue weighted by Gasteiger charge is 2.59. The van der Waals surface area contributed by atoms with Crippen LogP contribution in [0.25, 0.3) is 0 Å². The van der Waals surface area contributed by atoms with Crippen LogP contribution in [0.1, 0.15) is 17.5 Å². The molecule has 2 bridgehead atoms. The Morgan fingerprint density at radius 1 is 1.14 bits per heavy atom. The highest BCUT2D eigenvalue weighted by atomic mass is 16.6. The second-order valence-corrected chi connectivity index (χ2v) is 8.89. The molecule has 5 rings (SSSR count). The molecule has 4 atom stereocenters. The number of imide groups is 1. The van der Waals surface area contributed by atoms with Crippen LogP contribution in [0.3, 0.4) is 0 Å². The first-order valence-electron chi connectivity index (χ1n) is 11.2. The van der Waals surface area contributed by atoms with Gasteiger partial charge in [-0.15, -0.1) is 0 Å². The second-order valence-electron chi connectivity index (χ2n) is 8.89. The van der Waals surface area contributed by atoms with E-state index in [1.165, 1.54) is 24.4 Å². The lowest BCUT2D eigenvalue weighted by molar-refractivity contribution is -0.385. The van der Waals surface area contributed by atoms with Crippen LogP contribution < -0.4 is 10.1 Å². The number of rotatable bonds is 7. The number of nitro groups is 1. The summed E-state index contributed by atoms with van der Waals surface area (Å²) in [7, 11) is 0. The maximum atomic E-state index is 12.8. The third-order valence-electron chi connectivity index (χ3n) is 6.66. The van der Waals surface area contributed by atoms with E-state index in [-0.39, 0.29) is 40.7 Å². The lowest BCUT2D eigenvalue weighted by Gasteiger charge is -2.13. The van der Waals surface area contributed by atoms with Gasteiger partial charge in [0.2, 0.25) is 5.75 Å². The standard InChI is InChI=1S/C25H22N4O6/c1-14-5-9-18(10-6-14)27-20(30)13-35-23-17(3-2-4-19(23)29(33)34)12-26-28-24(31)21-15-7-8-16(11-15)22(21)25(28)32/h2-10,12,15-16,21-22H,11,13H2,1H3,(H,27,30). The van der Waals surface area contributed by atoms with E-state index in [2.05, 4.69) is 10.4 Å². The lowest BCUT2D eigenvalue weighted by Crippen LogP contribution is -2.28. The first-order valence-corrected chi connectivity index (χ1v) is 11.2. The molecule has 4 unspecified atom stereocenters. The van der Waals surface area contributed by atoms with Gasteiger partial charge in [-0.05, 0) is 43.4 Å². The number of nitro benzene ring substituents is 1. The third kappa shape index (κ3) is 4.07. The molecule has 2 aromatic rings. The summed E-state index contributed by atoms with van der Waals surface area (Å²) in [6.45, 7) is 1.43. The predicted molar refractivity (Wildman–Crippen MR) is 126 cm³/mol. The van der Waals surface area contributed by atoms with Crippen molar-refractivity contribution in [3.63, 3.8) is 0 Å². The molecule has 0 aromatic heterocycles. The minimum Gasteiger partial charge on any atom is -0.476 e. The SMILES string of the molecule is Cc1ccc(NC(=O)COc2c(C=NN3C(=O)C4C5C=CC(C5)C4C3=O)cccc2[N+](=O)[O-])cc1. The molecule has 10 heteroatoms. The summed E-state index contributed by atoms with van der Waals surface area (Å²) >= 11 is 0. The number of ether oxygens (including phenoxy) is 1. The highest BCUT2D eigenvalue weighted by Crippen LogP contribution is 2.52. The lowest BCUT2D eigenvalue weighted by atomic mass is 9.85. The van der Waals surface area contributed by atoms with Gasteiger partial charge < -0.3 is 10.1 Å². The normalized spacial score (nSPS) is 24.3. The van der Waals surface area contributed by atoms with Crippen molar-refractivity contribution in [3.05, 3.63) is 75.9 Å². The number of carbonyl (C=O) groups is 3. The van der Waals surface area contributed by atoms with Gasteiger partial charge in [-0.25, -0.2) is 0 Å². The Morgan fingerprint density at radius 2 is 1.80 bits per heavy atom. The van der Waals surface area contributed by atoms with Gasteiger partial charge >= 0.3 is 5.69 Å². The molecule has 2 aromatic carbocycles. The fraction of sp³-hybridized carbons (Fsp3) is 0.280. The molecular weight excluding hydrogens is 452 g/mol. The third-order valence-corrected chi connectivity index (χ3v) is 6.66. The summed E-state index contributed by atoms with van der Waals surface area (Å²) < 4.78 is 5.53. The number of aryl methyl sites for hydroxylation is 1. The Hall–Kier alpha value is -4.34. The van der Waals surface area contributed by atoms with Crippen molar-refractivity contribution in [3.8, 4) is 5.75 Å². The number of fused-ring (bicyclic) bond motifs is 5. The molecule has 2 fully saturated rings. The van der Waals surface area contributed by atoms with Crippen molar-refractivity contribution in [2.24, 2.45) is 28.8 Å². The number of hydrazone groups is 1. The van der Waals surface area contributed by atoms with Crippen LogP contribution >= 0.6 is 0 Å². The topological polar surface area (TPSA) is 131 Å². The molecule has 3 amide bonds. The summed E-state index contributed by atoms with van der Waals surface area (Å²) in [5.74, 6) is -2.12. The Labute approximate surface area is 200 Å². The first kappa shape index (κ1) is 22.5. The monoisotopic (exact) mass is 474 g/mol. The summed E-state index contributed by atoms with van der Waals surface area (Å²) in [6.07, 6.45) is 5.96. The molecule has 2 aliphatic carbocycles. The minimum atomic E-state index is -0.634. The molecule has 3 aliphatic rings. The molecule has 35 heavy (non-hydrogen) atoms.